The first kappa shape index (κ1) is 12.4. The van der Waals surface area contributed by atoms with Crippen LogP contribution in [-0.4, -0.2) is 53.3 Å². The Morgan fingerprint density at radius 3 is 2.94 bits per heavy atom. The molecular weight excluding hydrogens is 214 g/mol. The average molecular weight is 227 g/mol. The highest BCUT2D eigenvalue weighted by Crippen LogP contribution is 2.18. The summed E-state index contributed by atoms with van der Waals surface area (Å²) in [7, 11) is 0. The van der Waals surface area contributed by atoms with Crippen molar-refractivity contribution >= 4 is 18.1 Å². The van der Waals surface area contributed by atoms with Crippen molar-refractivity contribution in [1.29, 1.82) is 0 Å². The van der Waals surface area contributed by atoms with E-state index in [4.69, 9.17) is 15.0 Å². The molecule has 0 aliphatic carbocycles. The van der Waals surface area contributed by atoms with Crippen LogP contribution in [0.4, 0.5) is 4.79 Å². The third-order valence-electron chi connectivity index (χ3n) is 2.24. The maximum absolute atomic E-state index is 11.5. The topological polar surface area (TPSA) is 92.2 Å². The zero-order valence-corrected chi connectivity index (χ0v) is 9.12. The molecule has 0 saturated carbocycles. The number of Topliss-reactive ketones (excluding diaryl/α,β-unsaturated/α-hetero) is 1. The van der Waals surface area contributed by atoms with Gasteiger partial charge in [0.15, 0.2) is 0 Å². The normalized spacial score (nSPS) is 23.8. The van der Waals surface area contributed by atoms with Gasteiger partial charge in [0.1, 0.15) is 12.8 Å². The monoisotopic (exact) mass is 227 g/mol. The fourth-order valence-electron chi connectivity index (χ4n) is 1.51. The second-order valence-corrected chi connectivity index (χ2v) is 3.26. The summed E-state index contributed by atoms with van der Waals surface area (Å²) in [6.07, 6.45) is -0.311. The van der Waals surface area contributed by atoms with E-state index in [9.17, 15) is 9.59 Å². The standard InChI is InChI=1S/C9H13N3O4/c1-3-15-9(14)12-5-16-6(2)8(12)7(13)4-11-10/h4,6,8H,3,5H2,1-2H3/t6-,8+/m1/s1. The Hall–Kier alpha value is -1.72. The van der Waals surface area contributed by atoms with Crippen LogP contribution < -0.4 is 0 Å². The Balaban J connectivity index is 2.81. The van der Waals surface area contributed by atoms with Gasteiger partial charge < -0.3 is 15.0 Å². The van der Waals surface area contributed by atoms with Crippen LogP contribution in [0.25, 0.3) is 5.53 Å². The summed E-state index contributed by atoms with van der Waals surface area (Å²) in [6, 6.07) is -0.796. The maximum atomic E-state index is 11.5. The van der Waals surface area contributed by atoms with Crippen molar-refractivity contribution in [1.82, 2.24) is 4.90 Å². The number of rotatable bonds is 3. The number of hydrogen-bond donors (Lipinski definition) is 0. The van der Waals surface area contributed by atoms with Crippen molar-refractivity contribution in [3.05, 3.63) is 5.53 Å². The molecule has 1 aliphatic rings. The van der Waals surface area contributed by atoms with E-state index >= 15 is 0 Å². The molecule has 1 rings (SSSR count). The van der Waals surface area contributed by atoms with E-state index in [0.717, 1.165) is 11.1 Å². The zero-order chi connectivity index (χ0) is 12.1. The van der Waals surface area contributed by atoms with Gasteiger partial charge in [-0.25, -0.2) is 4.79 Å². The molecule has 1 heterocycles. The van der Waals surface area contributed by atoms with Crippen molar-refractivity contribution in [2.75, 3.05) is 13.3 Å². The first-order valence-corrected chi connectivity index (χ1v) is 4.88. The highest BCUT2D eigenvalue weighted by atomic mass is 16.6. The molecule has 0 aromatic rings. The second kappa shape index (κ2) is 5.39. The number of ketones is 1. The minimum atomic E-state index is -0.796. The summed E-state index contributed by atoms with van der Waals surface area (Å²) in [5.74, 6) is -0.499. The molecule has 2 atom stereocenters. The van der Waals surface area contributed by atoms with Crippen molar-refractivity contribution in [2.45, 2.75) is 26.0 Å². The number of ether oxygens (including phenoxy) is 2. The average Bonchev–Trinajstić information content (AvgIpc) is 2.61. The summed E-state index contributed by atoms with van der Waals surface area (Å²) in [5, 5.41) is 0. The van der Waals surface area contributed by atoms with Gasteiger partial charge in [-0.2, -0.15) is 4.79 Å². The predicted molar refractivity (Wildman–Crippen MR) is 52.8 cm³/mol. The summed E-state index contributed by atoms with van der Waals surface area (Å²) in [6.45, 7) is 3.55. The summed E-state index contributed by atoms with van der Waals surface area (Å²) in [5.41, 5.74) is 8.28. The second-order valence-electron chi connectivity index (χ2n) is 3.26. The Bertz CT molecular complexity index is 338. The summed E-state index contributed by atoms with van der Waals surface area (Å²) in [4.78, 5) is 26.8. The number of nitrogens with zero attached hydrogens (tertiary/aromatic N) is 3. The van der Waals surface area contributed by atoms with E-state index in [2.05, 4.69) is 4.79 Å². The molecule has 7 nitrogen and oxygen atoms in total. The SMILES string of the molecule is CCOC(=O)N1CO[C@H](C)[C@H]1C(=O)C=[N+]=[N-]. The molecule has 1 aliphatic heterocycles. The third-order valence-corrected chi connectivity index (χ3v) is 2.24. The molecule has 0 radical (unpaired) electrons. The van der Waals surface area contributed by atoms with Crippen molar-refractivity contribution in [2.24, 2.45) is 0 Å². The molecule has 0 unspecified atom stereocenters. The first-order valence-electron chi connectivity index (χ1n) is 4.88. The number of hydrogen-bond acceptors (Lipinski definition) is 4. The lowest BCUT2D eigenvalue weighted by Crippen LogP contribution is -2.45. The Morgan fingerprint density at radius 1 is 1.69 bits per heavy atom. The molecule has 88 valence electrons. The largest absolute Gasteiger partial charge is 0.450 e. The summed E-state index contributed by atoms with van der Waals surface area (Å²) >= 11 is 0. The fourth-order valence-corrected chi connectivity index (χ4v) is 1.51. The molecule has 0 N–H and O–H groups in total. The minimum Gasteiger partial charge on any atom is -0.450 e. The molecule has 7 heteroatoms. The molecule has 1 fully saturated rings. The number of amides is 1. The van der Waals surface area contributed by atoms with Gasteiger partial charge in [-0.3, -0.25) is 9.69 Å². The van der Waals surface area contributed by atoms with Gasteiger partial charge in [-0.05, 0) is 13.8 Å². The van der Waals surface area contributed by atoms with Crippen LogP contribution in [0, 0.1) is 0 Å². The van der Waals surface area contributed by atoms with Crippen molar-refractivity contribution < 1.29 is 23.9 Å². The summed E-state index contributed by atoms with van der Waals surface area (Å²) < 4.78 is 9.95. The number of carbonyl (C=O) groups excluding carboxylic acids is 2. The molecule has 1 saturated heterocycles. The van der Waals surface area contributed by atoms with E-state index in [1.807, 2.05) is 0 Å². The Morgan fingerprint density at radius 2 is 2.38 bits per heavy atom. The first-order chi connectivity index (χ1) is 7.61. The zero-order valence-electron chi connectivity index (χ0n) is 9.12. The van der Waals surface area contributed by atoms with Gasteiger partial charge in [0, 0.05) is 0 Å². The van der Waals surface area contributed by atoms with Crippen LogP contribution in [0.1, 0.15) is 13.8 Å². The van der Waals surface area contributed by atoms with E-state index in [1.54, 1.807) is 13.8 Å². The smallest absolute Gasteiger partial charge is 0.412 e. The van der Waals surface area contributed by atoms with Crippen LogP contribution in [0.5, 0.6) is 0 Å². The molecule has 1 amide bonds. The van der Waals surface area contributed by atoms with Crippen LogP contribution in [0.15, 0.2) is 0 Å². The molecular formula is C9H13N3O4. The quantitative estimate of drug-likeness (QED) is 0.387. The van der Waals surface area contributed by atoms with Crippen LogP contribution in [0.2, 0.25) is 0 Å². The van der Waals surface area contributed by atoms with E-state index in [-0.39, 0.29) is 13.3 Å². The lowest BCUT2D eigenvalue weighted by molar-refractivity contribution is -0.120. The van der Waals surface area contributed by atoms with Gasteiger partial charge in [0.05, 0.1) is 12.7 Å². The minimum absolute atomic E-state index is 0.00429. The van der Waals surface area contributed by atoms with Gasteiger partial charge >= 0.3 is 12.3 Å². The number of carbonyl (C=O) groups is 2. The third kappa shape index (κ3) is 2.44. The predicted octanol–water partition coefficient (Wildman–Crippen LogP) is 0.0594. The molecule has 0 aromatic heterocycles. The van der Waals surface area contributed by atoms with Crippen LogP contribution in [-0.2, 0) is 14.3 Å². The van der Waals surface area contributed by atoms with Crippen LogP contribution >= 0.6 is 0 Å². The highest BCUT2D eigenvalue weighted by Gasteiger charge is 2.42. The van der Waals surface area contributed by atoms with Gasteiger partial charge in [0.2, 0.25) is 0 Å². The lowest BCUT2D eigenvalue weighted by atomic mass is 10.1. The highest BCUT2D eigenvalue weighted by molar-refractivity contribution is 6.28. The van der Waals surface area contributed by atoms with Gasteiger partial charge in [-0.15, -0.1) is 0 Å². The van der Waals surface area contributed by atoms with E-state index in [0.29, 0.717) is 0 Å². The van der Waals surface area contributed by atoms with Crippen molar-refractivity contribution in [3.63, 3.8) is 0 Å². The van der Waals surface area contributed by atoms with Gasteiger partial charge in [0.25, 0.3) is 5.78 Å². The molecule has 16 heavy (non-hydrogen) atoms. The Kier molecular flexibility index (Phi) is 4.16. The molecule has 0 spiro atoms. The van der Waals surface area contributed by atoms with Gasteiger partial charge in [-0.1, -0.05) is 0 Å². The Labute approximate surface area is 92.5 Å². The van der Waals surface area contributed by atoms with E-state index < -0.39 is 24.0 Å². The molecule has 0 bridgehead atoms. The fraction of sp³-hybridized carbons (Fsp3) is 0.667. The van der Waals surface area contributed by atoms with E-state index in [1.165, 1.54) is 0 Å². The lowest BCUT2D eigenvalue weighted by Gasteiger charge is -2.19. The van der Waals surface area contributed by atoms with Crippen LogP contribution in [0.3, 0.4) is 0 Å². The van der Waals surface area contributed by atoms with Crippen molar-refractivity contribution in [3.8, 4) is 0 Å². The molecule has 0 aromatic carbocycles. The maximum Gasteiger partial charge on any atom is 0.412 e.